The molecule has 0 saturated carbocycles. The number of alkyl halides is 2. The molecule has 2 aromatic heterocycles. The third-order valence-electron chi connectivity index (χ3n) is 2.10. The number of pyridine rings is 1. The van der Waals surface area contributed by atoms with E-state index in [9.17, 15) is 8.78 Å². The second kappa shape index (κ2) is 4.42. The summed E-state index contributed by atoms with van der Waals surface area (Å²) in [5, 5.41) is 6.86. The lowest BCUT2D eigenvalue weighted by Crippen LogP contribution is -2.35. The predicted molar refractivity (Wildman–Crippen MR) is 60.5 cm³/mol. The fourth-order valence-corrected chi connectivity index (χ4v) is 1.37. The van der Waals surface area contributed by atoms with E-state index < -0.39 is 19.0 Å². The first kappa shape index (κ1) is 12.0. The third-order valence-corrected chi connectivity index (χ3v) is 2.32. The summed E-state index contributed by atoms with van der Waals surface area (Å²) in [6.07, 6.45) is 1.54. The standard InChI is InChI=1S/C9H10ClF2N5/c10-6-1-2-7-15-8(16-17(7)3-6)14-5-9(11,12)4-13/h1-3H,4-5,13H2,(H,14,16). The lowest BCUT2D eigenvalue weighted by atomic mass is 10.3. The minimum absolute atomic E-state index is 0.111. The molecule has 0 bridgehead atoms. The molecule has 2 aromatic rings. The van der Waals surface area contributed by atoms with Gasteiger partial charge in [-0.3, -0.25) is 0 Å². The van der Waals surface area contributed by atoms with Crippen LogP contribution in [-0.4, -0.2) is 33.6 Å². The van der Waals surface area contributed by atoms with Crippen molar-refractivity contribution in [1.82, 2.24) is 14.6 Å². The molecule has 0 aliphatic rings. The molecule has 0 aliphatic carbocycles. The summed E-state index contributed by atoms with van der Waals surface area (Å²) in [7, 11) is 0. The van der Waals surface area contributed by atoms with E-state index in [1.807, 2.05) is 0 Å². The Labute approximate surface area is 101 Å². The second-order valence-corrected chi connectivity index (χ2v) is 3.94. The van der Waals surface area contributed by atoms with Crippen LogP contribution in [0.2, 0.25) is 5.02 Å². The van der Waals surface area contributed by atoms with Gasteiger partial charge in [-0.1, -0.05) is 11.6 Å². The van der Waals surface area contributed by atoms with Crippen molar-refractivity contribution >= 4 is 23.2 Å². The minimum Gasteiger partial charge on any atom is -0.347 e. The fraction of sp³-hybridized carbons (Fsp3) is 0.333. The number of anilines is 1. The van der Waals surface area contributed by atoms with E-state index in [0.717, 1.165) is 0 Å². The quantitative estimate of drug-likeness (QED) is 0.873. The van der Waals surface area contributed by atoms with E-state index in [1.54, 1.807) is 12.1 Å². The fourth-order valence-electron chi connectivity index (χ4n) is 1.21. The Balaban J connectivity index is 2.15. The maximum atomic E-state index is 12.9. The summed E-state index contributed by atoms with van der Waals surface area (Å²) >= 11 is 5.75. The molecule has 17 heavy (non-hydrogen) atoms. The summed E-state index contributed by atoms with van der Waals surface area (Å²) in [5.41, 5.74) is 5.43. The molecule has 92 valence electrons. The Bertz CT molecular complexity index is 527. The van der Waals surface area contributed by atoms with Crippen molar-refractivity contribution in [2.75, 3.05) is 18.4 Å². The van der Waals surface area contributed by atoms with Gasteiger partial charge in [0.05, 0.1) is 18.1 Å². The number of halogens is 3. The van der Waals surface area contributed by atoms with Crippen molar-refractivity contribution < 1.29 is 8.78 Å². The van der Waals surface area contributed by atoms with Crippen molar-refractivity contribution in [1.29, 1.82) is 0 Å². The van der Waals surface area contributed by atoms with Gasteiger partial charge in [-0.2, -0.15) is 4.98 Å². The summed E-state index contributed by atoms with van der Waals surface area (Å²) in [6, 6.07) is 3.28. The number of aromatic nitrogens is 3. The predicted octanol–water partition coefficient (Wildman–Crippen LogP) is 1.39. The first-order valence-electron chi connectivity index (χ1n) is 4.84. The average molecular weight is 262 g/mol. The topological polar surface area (TPSA) is 68.2 Å². The normalized spacial score (nSPS) is 12.0. The molecular weight excluding hydrogens is 252 g/mol. The van der Waals surface area contributed by atoms with Crippen molar-refractivity contribution in [2.45, 2.75) is 5.92 Å². The Morgan fingerprint density at radius 2 is 2.24 bits per heavy atom. The molecule has 0 aliphatic heterocycles. The second-order valence-electron chi connectivity index (χ2n) is 3.50. The highest BCUT2D eigenvalue weighted by Crippen LogP contribution is 2.14. The molecule has 8 heteroatoms. The van der Waals surface area contributed by atoms with Crippen molar-refractivity contribution in [2.24, 2.45) is 5.73 Å². The van der Waals surface area contributed by atoms with Crippen LogP contribution >= 0.6 is 11.6 Å². The molecule has 0 spiro atoms. The zero-order valence-corrected chi connectivity index (χ0v) is 9.46. The molecule has 2 rings (SSSR count). The first-order chi connectivity index (χ1) is 8.00. The van der Waals surface area contributed by atoms with E-state index in [4.69, 9.17) is 17.3 Å². The van der Waals surface area contributed by atoms with Crippen LogP contribution in [0.5, 0.6) is 0 Å². The summed E-state index contributed by atoms with van der Waals surface area (Å²) in [5.74, 6) is -2.87. The van der Waals surface area contributed by atoms with Crippen LogP contribution in [0.25, 0.3) is 5.65 Å². The van der Waals surface area contributed by atoms with Crippen LogP contribution < -0.4 is 11.1 Å². The smallest absolute Gasteiger partial charge is 0.277 e. The van der Waals surface area contributed by atoms with Crippen LogP contribution in [0.4, 0.5) is 14.7 Å². The van der Waals surface area contributed by atoms with Gasteiger partial charge in [-0.25, -0.2) is 13.3 Å². The zero-order chi connectivity index (χ0) is 12.5. The molecule has 0 aromatic carbocycles. The Morgan fingerprint density at radius 3 is 2.94 bits per heavy atom. The Kier molecular flexibility index (Phi) is 3.12. The largest absolute Gasteiger partial charge is 0.347 e. The molecule has 3 N–H and O–H groups in total. The Hall–Kier alpha value is -1.47. The average Bonchev–Trinajstić information content (AvgIpc) is 2.68. The molecule has 0 radical (unpaired) electrons. The SMILES string of the molecule is NCC(F)(F)CNc1nc2ccc(Cl)cn2n1. The molecule has 0 saturated heterocycles. The molecule has 0 unspecified atom stereocenters. The number of hydrogen-bond donors (Lipinski definition) is 2. The van der Waals surface area contributed by atoms with Crippen LogP contribution in [0.3, 0.4) is 0 Å². The van der Waals surface area contributed by atoms with Gasteiger partial charge >= 0.3 is 0 Å². The molecular formula is C9H10ClF2N5. The van der Waals surface area contributed by atoms with Crippen LogP contribution in [0.1, 0.15) is 0 Å². The number of fused-ring (bicyclic) bond motifs is 1. The van der Waals surface area contributed by atoms with E-state index in [-0.39, 0.29) is 5.95 Å². The maximum Gasteiger partial charge on any atom is 0.277 e. The van der Waals surface area contributed by atoms with Crippen molar-refractivity contribution in [3.05, 3.63) is 23.4 Å². The number of nitrogens with one attached hydrogen (secondary N) is 1. The highest BCUT2D eigenvalue weighted by Gasteiger charge is 2.26. The molecule has 0 atom stereocenters. The van der Waals surface area contributed by atoms with E-state index in [1.165, 1.54) is 10.7 Å². The number of nitrogens with two attached hydrogens (primary N) is 1. The van der Waals surface area contributed by atoms with Gasteiger partial charge in [0.15, 0.2) is 5.65 Å². The summed E-state index contributed by atoms with van der Waals surface area (Å²) in [6.45, 7) is -1.33. The van der Waals surface area contributed by atoms with Crippen LogP contribution in [-0.2, 0) is 0 Å². The monoisotopic (exact) mass is 261 g/mol. The van der Waals surface area contributed by atoms with Gasteiger partial charge in [0.25, 0.3) is 5.92 Å². The van der Waals surface area contributed by atoms with Crippen LogP contribution in [0.15, 0.2) is 18.3 Å². The first-order valence-corrected chi connectivity index (χ1v) is 5.22. The highest BCUT2D eigenvalue weighted by atomic mass is 35.5. The number of rotatable bonds is 4. The summed E-state index contributed by atoms with van der Waals surface area (Å²) in [4.78, 5) is 4.00. The Morgan fingerprint density at radius 1 is 1.47 bits per heavy atom. The summed E-state index contributed by atoms with van der Waals surface area (Å²) < 4.78 is 27.2. The van der Waals surface area contributed by atoms with Crippen molar-refractivity contribution in [3.8, 4) is 0 Å². The minimum atomic E-state index is -2.98. The molecule has 2 heterocycles. The van der Waals surface area contributed by atoms with Crippen molar-refractivity contribution in [3.63, 3.8) is 0 Å². The molecule has 0 fully saturated rings. The number of nitrogens with zero attached hydrogens (tertiary/aromatic N) is 3. The lowest BCUT2D eigenvalue weighted by Gasteiger charge is -2.12. The van der Waals surface area contributed by atoms with Crippen LogP contribution in [0, 0.1) is 0 Å². The molecule has 5 nitrogen and oxygen atoms in total. The maximum absolute atomic E-state index is 12.9. The van der Waals surface area contributed by atoms with E-state index >= 15 is 0 Å². The highest BCUT2D eigenvalue weighted by molar-refractivity contribution is 6.30. The van der Waals surface area contributed by atoms with Gasteiger partial charge in [0, 0.05) is 6.20 Å². The van der Waals surface area contributed by atoms with Gasteiger partial charge < -0.3 is 11.1 Å². The number of hydrogen-bond acceptors (Lipinski definition) is 4. The zero-order valence-electron chi connectivity index (χ0n) is 8.70. The molecule has 0 amide bonds. The van der Waals surface area contributed by atoms with E-state index in [2.05, 4.69) is 15.4 Å². The lowest BCUT2D eigenvalue weighted by molar-refractivity contribution is 0.0252. The van der Waals surface area contributed by atoms with Gasteiger partial charge in [-0.15, -0.1) is 5.10 Å². The third kappa shape index (κ3) is 2.80. The van der Waals surface area contributed by atoms with E-state index in [0.29, 0.717) is 10.7 Å². The van der Waals surface area contributed by atoms with Gasteiger partial charge in [0.2, 0.25) is 5.95 Å². The van der Waals surface area contributed by atoms with Gasteiger partial charge in [0.1, 0.15) is 0 Å². The van der Waals surface area contributed by atoms with Gasteiger partial charge in [-0.05, 0) is 12.1 Å².